The number of rotatable bonds is 4. The molecule has 19 heavy (non-hydrogen) atoms. The zero-order valence-corrected chi connectivity index (χ0v) is 12.1. The Balaban J connectivity index is 2.03. The lowest BCUT2D eigenvalue weighted by Gasteiger charge is -2.09. The van der Waals surface area contributed by atoms with Gasteiger partial charge in [-0.3, -0.25) is 0 Å². The number of nitrogens with one attached hydrogen (secondary N) is 1. The molecule has 0 unspecified atom stereocenters. The van der Waals surface area contributed by atoms with Crippen LogP contribution in [-0.2, 0) is 11.3 Å². The predicted octanol–water partition coefficient (Wildman–Crippen LogP) is 3.85. The van der Waals surface area contributed by atoms with Crippen LogP contribution in [0.15, 0.2) is 53.0 Å². The van der Waals surface area contributed by atoms with Crippen LogP contribution in [0.1, 0.15) is 15.9 Å². The van der Waals surface area contributed by atoms with Gasteiger partial charge in [-0.1, -0.05) is 40.2 Å². The Morgan fingerprint density at radius 1 is 1.16 bits per heavy atom. The minimum Gasteiger partial charge on any atom is -0.457 e. The van der Waals surface area contributed by atoms with E-state index in [0.717, 1.165) is 15.7 Å². The summed E-state index contributed by atoms with van der Waals surface area (Å²) in [6.45, 7) is 0.268. The molecule has 0 fully saturated rings. The minimum absolute atomic E-state index is 0.268. The summed E-state index contributed by atoms with van der Waals surface area (Å²) in [5, 5.41) is 2.98. The van der Waals surface area contributed by atoms with Crippen LogP contribution in [0, 0.1) is 0 Å². The molecule has 4 heteroatoms. The largest absolute Gasteiger partial charge is 0.457 e. The van der Waals surface area contributed by atoms with E-state index in [1.165, 1.54) is 0 Å². The second kappa shape index (κ2) is 6.38. The predicted molar refractivity (Wildman–Crippen MR) is 79.3 cm³/mol. The van der Waals surface area contributed by atoms with Crippen molar-refractivity contribution in [2.75, 3.05) is 12.4 Å². The number of benzene rings is 2. The minimum atomic E-state index is -0.326. The first-order valence-electron chi connectivity index (χ1n) is 5.89. The summed E-state index contributed by atoms with van der Waals surface area (Å²) in [6.07, 6.45) is 0. The highest BCUT2D eigenvalue weighted by Gasteiger charge is 2.11. The smallest absolute Gasteiger partial charge is 0.340 e. The van der Waals surface area contributed by atoms with Crippen LogP contribution in [0.2, 0.25) is 0 Å². The van der Waals surface area contributed by atoms with Crippen LogP contribution < -0.4 is 5.32 Å². The molecule has 2 aromatic rings. The summed E-state index contributed by atoms with van der Waals surface area (Å²) in [4.78, 5) is 12.0. The number of para-hydroxylation sites is 1. The highest BCUT2D eigenvalue weighted by atomic mass is 79.9. The van der Waals surface area contributed by atoms with Gasteiger partial charge in [0.25, 0.3) is 0 Å². The molecule has 0 aliphatic heterocycles. The number of hydrogen-bond donors (Lipinski definition) is 1. The zero-order chi connectivity index (χ0) is 13.7. The third-order valence-corrected chi connectivity index (χ3v) is 3.23. The molecule has 0 radical (unpaired) electrons. The van der Waals surface area contributed by atoms with Gasteiger partial charge in [-0.2, -0.15) is 0 Å². The van der Waals surface area contributed by atoms with Crippen molar-refractivity contribution in [2.24, 2.45) is 0 Å². The van der Waals surface area contributed by atoms with Crippen LogP contribution in [-0.4, -0.2) is 13.0 Å². The maximum atomic E-state index is 12.0. The lowest BCUT2D eigenvalue weighted by Crippen LogP contribution is -2.08. The van der Waals surface area contributed by atoms with Gasteiger partial charge in [0.15, 0.2) is 0 Å². The van der Waals surface area contributed by atoms with E-state index in [0.29, 0.717) is 5.56 Å². The summed E-state index contributed by atoms with van der Waals surface area (Å²) in [6, 6.07) is 15.0. The third-order valence-electron chi connectivity index (χ3n) is 2.70. The molecule has 0 spiro atoms. The van der Waals surface area contributed by atoms with Crippen molar-refractivity contribution in [3.05, 3.63) is 64.1 Å². The number of halogens is 1. The molecule has 1 N–H and O–H groups in total. The molecule has 2 rings (SSSR count). The molecule has 0 saturated carbocycles. The van der Waals surface area contributed by atoms with Crippen molar-refractivity contribution in [3.8, 4) is 0 Å². The van der Waals surface area contributed by atoms with E-state index in [9.17, 15) is 4.79 Å². The van der Waals surface area contributed by atoms with Gasteiger partial charge in [0.05, 0.1) is 5.56 Å². The Labute approximate surface area is 120 Å². The van der Waals surface area contributed by atoms with Crippen molar-refractivity contribution in [1.82, 2.24) is 0 Å². The van der Waals surface area contributed by atoms with Crippen LogP contribution in [0.3, 0.4) is 0 Å². The highest BCUT2D eigenvalue weighted by Crippen LogP contribution is 2.17. The number of ether oxygens (including phenoxy) is 1. The number of anilines is 1. The third kappa shape index (κ3) is 3.58. The Hall–Kier alpha value is -1.81. The second-order valence-electron chi connectivity index (χ2n) is 4.00. The van der Waals surface area contributed by atoms with Crippen LogP contribution >= 0.6 is 15.9 Å². The van der Waals surface area contributed by atoms with Gasteiger partial charge in [-0.25, -0.2) is 4.79 Å². The summed E-state index contributed by atoms with van der Waals surface area (Å²) in [5.41, 5.74) is 2.27. The first-order chi connectivity index (χ1) is 9.20. The molecule has 3 nitrogen and oxygen atoms in total. The van der Waals surface area contributed by atoms with E-state index < -0.39 is 0 Å². The quantitative estimate of drug-likeness (QED) is 0.870. The molecule has 0 saturated heterocycles. The van der Waals surface area contributed by atoms with E-state index in [4.69, 9.17) is 4.74 Å². The van der Waals surface area contributed by atoms with Crippen LogP contribution in [0.25, 0.3) is 0 Å². The van der Waals surface area contributed by atoms with Gasteiger partial charge in [-0.05, 0) is 29.8 Å². The molecule has 0 heterocycles. The SMILES string of the molecule is CNc1ccccc1C(=O)OCc1ccc(Br)cc1. The van der Waals surface area contributed by atoms with E-state index in [1.807, 2.05) is 42.5 Å². The van der Waals surface area contributed by atoms with Crippen molar-refractivity contribution in [3.63, 3.8) is 0 Å². The van der Waals surface area contributed by atoms with Gasteiger partial charge in [0, 0.05) is 17.2 Å². The van der Waals surface area contributed by atoms with Crippen LogP contribution in [0.5, 0.6) is 0 Å². The van der Waals surface area contributed by atoms with Crippen molar-refractivity contribution in [2.45, 2.75) is 6.61 Å². The number of carbonyl (C=O) groups excluding carboxylic acids is 1. The molecular formula is C15H14BrNO2. The molecule has 98 valence electrons. The summed E-state index contributed by atoms with van der Waals surface area (Å²) in [5.74, 6) is -0.326. The lowest BCUT2D eigenvalue weighted by molar-refractivity contribution is 0.0474. The van der Waals surface area contributed by atoms with Gasteiger partial charge in [0.1, 0.15) is 6.61 Å². The van der Waals surface area contributed by atoms with Crippen molar-refractivity contribution < 1.29 is 9.53 Å². The Morgan fingerprint density at radius 3 is 2.53 bits per heavy atom. The molecule has 0 aliphatic carbocycles. The maximum Gasteiger partial charge on any atom is 0.340 e. The van der Waals surface area contributed by atoms with E-state index >= 15 is 0 Å². The van der Waals surface area contributed by atoms with Gasteiger partial charge < -0.3 is 10.1 Å². The van der Waals surface area contributed by atoms with E-state index in [1.54, 1.807) is 13.1 Å². The first kappa shape index (κ1) is 13.6. The van der Waals surface area contributed by atoms with Crippen LogP contribution in [0.4, 0.5) is 5.69 Å². The normalized spacial score (nSPS) is 10.0. The fourth-order valence-electron chi connectivity index (χ4n) is 1.69. The van der Waals surface area contributed by atoms with E-state index in [-0.39, 0.29) is 12.6 Å². The van der Waals surface area contributed by atoms with Gasteiger partial charge in [-0.15, -0.1) is 0 Å². The Kier molecular flexibility index (Phi) is 4.58. The van der Waals surface area contributed by atoms with E-state index in [2.05, 4.69) is 21.2 Å². The zero-order valence-electron chi connectivity index (χ0n) is 10.5. The molecular weight excluding hydrogens is 306 g/mol. The standard InChI is InChI=1S/C15H14BrNO2/c1-17-14-5-3-2-4-13(14)15(18)19-10-11-6-8-12(16)9-7-11/h2-9,17H,10H2,1H3. The summed E-state index contributed by atoms with van der Waals surface area (Å²) < 4.78 is 6.31. The molecule has 0 amide bonds. The monoisotopic (exact) mass is 319 g/mol. The number of hydrogen-bond acceptors (Lipinski definition) is 3. The molecule has 0 aliphatic rings. The van der Waals surface area contributed by atoms with Crippen molar-refractivity contribution in [1.29, 1.82) is 0 Å². The Morgan fingerprint density at radius 2 is 1.84 bits per heavy atom. The maximum absolute atomic E-state index is 12.0. The summed E-state index contributed by atoms with van der Waals surface area (Å²) in [7, 11) is 1.78. The summed E-state index contributed by atoms with van der Waals surface area (Å²) >= 11 is 3.37. The fraction of sp³-hybridized carbons (Fsp3) is 0.133. The molecule has 0 atom stereocenters. The lowest BCUT2D eigenvalue weighted by atomic mass is 10.2. The fourth-order valence-corrected chi connectivity index (χ4v) is 1.95. The van der Waals surface area contributed by atoms with Gasteiger partial charge >= 0.3 is 5.97 Å². The Bertz CT molecular complexity index is 567. The average Bonchev–Trinajstić information content (AvgIpc) is 2.46. The molecule has 2 aromatic carbocycles. The highest BCUT2D eigenvalue weighted by molar-refractivity contribution is 9.10. The first-order valence-corrected chi connectivity index (χ1v) is 6.68. The molecule has 0 aromatic heterocycles. The second-order valence-corrected chi connectivity index (χ2v) is 4.91. The van der Waals surface area contributed by atoms with Crippen molar-refractivity contribution >= 4 is 27.6 Å². The topological polar surface area (TPSA) is 38.3 Å². The molecule has 0 bridgehead atoms. The number of carbonyl (C=O) groups is 1. The number of esters is 1. The average molecular weight is 320 g/mol. The van der Waals surface area contributed by atoms with Gasteiger partial charge in [0.2, 0.25) is 0 Å².